The van der Waals surface area contributed by atoms with Crippen molar-refractivity contribution >= 4 is 8.07 Å². The summed E-state index contributed by atoms with van der Waals surface area (Å²) in [7, 11) is -2.53. The molecule has 0 aromatic rings. The van der Waals surface area contributed by atoms with E-state index in [9.17, 15) is 18.3 Å². The molecule has 0 aromatic heterocycles. The van der Waals surface area contributed by atoms with Crippen molar-refractivity contribution in [1.82, 2.24) is 0 Å². The Labute approximate surface area is 127 Å². The Kier molecular flexibility index (Phi) is 6.98. The molecule has 0 aromatic carbocycles. The smallest absolute Gasteiger partial charge is 0.389 e. The lowest BCUT2D eigenvalue weighted by atomic mass is 9.85. The van der Waals surface area contributed by atoms with Crippen LogP contribution in [0.4, 0.5) is 13.2 Å². The quantitative estimate of drug-likeness (QED) is 0.643. The number of hydrogen-bond donors (Lipinski definition) is 1. The average Bonchev–Trinajstić information content (AvgIpc) is 2.48. The molecular formula is C16H29F3OSi. The predicted molar refractivity (Wildman–Crippen MR) is 83.9 cm³/mol. The van der Waals surface area contributed by atoms with Crippen LogP contribution in [-0.2, 0) is 0 Å². The van der Waals surface area contributed by atoms with Crippen LogP contribution in [0.25, 0.3) is 0 Å². The minimum absolute atomic E-state index is 0.00775. The van der Waals surface area contributed by atoms with Gasteiger partial charge in [-0.15, -0.1) is 0 Å². The Morgan fingerprint density at radius 3 is 1.95 bits per heavy atom. The van der Waals surface area contributed by atoms with Gasteiger partial charge < -0.3 is 5.11 Å². The lowest BCUT2D eigenvalue weighted by Crippen LogP contribution is -2.42. The van der Waals surface area contributed by atoms with Gasteiger partial charge in [-0.2, -0.15) is 13.2 Å². The number of alkyl halides is 3. The van der Waals surface area contributed by atoms with E-state index in [2.05, 4.69) is 0 Å². The molecule has 1 aliphatic rings. The number of rotatable bonds is 6. The zero-order valence-electron chi connectivity index (χ0n) is 13.5. The lowest BCUT2D eigenvalue weighted by molar-refractivity contribution is -0.0870. The second-order valence-electron chi connectivity index (χ2n) is 6.31. The van der Waals surface area contributed by atoms with E-state index < -0.39 is 20.4 Å². The highest BCUT2D eigenvalue weighted by Crippen LogP contribution is 2.40. The van der Waals surface area contributed by atoms with Gasteiger partial charge in [0.1, 0.15) is 0 Å². The maximum absolute atomic E-state index is 13.6. The zero-order chi connectivity index (χ0) is 16.1. The van der Waals surface area contributed by atoms with E-state index in [4.69, 9.17) is 0 Å². The van der Waals surface area contributed by atoms with Gasteiger partial charge in [-0.05, 0) is 18.8 Å². The van der Waals surface area contributed by atoms with Crippen molar-refractivity contribution < 1.29 is 18.3 Å². The Hall–Kier alpha value is -0.293. The van der Waals surface area contributed by atoms with Crippen molar-refractivity contribution in [1.29, 1.82) is 0 Å². The first-order valence-electron chi connectivity index (χ1n) is 8.28. The van der Waals surface area contributed by atoms with Gasteiger partial charge in [-0.3, -0.25) is 0 Å². The zero-order valence-corrected chi connectivity index (χ0v) is 14.5. The Balaban J connectivity index is 3.09. The fourth-order valence-electron chi connectivity index (χ4n) is 3.68. The van der Waals surface area contributed by atoms with E-state index in [0.717, 1.165) is 32.1 Å². The molecule has 1 unspecified atom stereocenters. The van der Waals surface area contributed by atoms with Crippen LogP contribution in [0.15, 0.2) is 11.3 Å². The van der Waals surface area contributed by atoms with Crippen molar-refractivity contribution in [2.24, 2.45) is 5.92 Å². The third-order valence-corrected chi connectivity index (χ3v) is 11.0. The molecule has 1 rings (SSSR count). The highest BCUT2D eigenvalue weighted by atomic mass is 28.3. The molecule has 1 nitrogen and oxygen atoms in total. The van der Waals surface area contributed by atoms with E-state index in [1.165, 1.54) is 6.08 Å². The van der Waals surface area contributed by atoms with Gasteiger partial charge >= 0.3 is 6.18 Å². The van der Waals surface area contributed by atoms with Crippen molar-refractivity contribution in [3.8, 4) is 0 Å². The molecule has 0 aliphatic heterocycles. The van der Waals surface area contributed by atoms with Gasteiger partial charge in [0.15, 0.2) is 0 Å². The van der Waals surface area contributed by atoms with Crippen molar-refractivity contribution in [3.63, 3.8) is 0 Å². The first-order valence-corrected chi connectivity index (χ1v) is 10.9. The van der Waals surface area contributed by atoms with Crippen LogP contribution >= 0.6 is 0 Å². The average molecular weight is 322 g/mol. The normalized spacial score (nSPS) is 20.6. The third-order valence-electron chi connectivity index (χ3n) is 5.38. The van der Waals surface area contributed by atoms with Gasteiger partial charge in [0.2, 0.25) is 0 Å². The van der Waals surface area contributed by atoms with E-state index in [-0.39, 0.29) is 11.1 Å². The van der Waals surface area contributed by atoms with Gasteiger partial charge in [0.25, 0.3) is 0 Å². The molecule has 1 fully saturated rings. The number of hydrogen-bond acceptors (Lipinski definition) is 1. The molecule has 0 bridgehead atoms. The maximum Gasteiger partial charge on any atom is 0.408 e. The Morgan fingerprint density at radius 1 is 1.10 bits per heavy atom. The number of aliphatic hydroxyl groups excluding tert-OH is 1. The largest absolute Gasteiger partial charge is 0.408 e. The minimum atomic E-state index is -4.30. The van der Waals surface area contributed by atoms with Crippen LogP contribution in [0.1, 0.15) is 52.9 Å². The molecule has 0 saturated heterocycles. The predicted octanol–water partition coefficient (Wildman–Crippen LogP) is 5.46. The summed E-state index contributed by atoms with van der Waals surface area (Å²) in [6, 6.07) is 1.76. The molecule has 0 amide bonds. The summed E-state index contributed by atoms with van der Waals surface area (Å²) in [4.78, 5) is 0. The molecule has 124 valence electrons. The van der Waals surface area contributed by atoms with E-state index in [1.54, 1.807) is 0 Å². The van der Waals surface area contributed by atoms with Crippen LogP contribution in [0.3, 0.4) is 0 Å². The van der Waals surface area contributed by atoms with Crippen molar-refractivity contribution in [2.45, 2.75) is 83.3 Å². The SMILES string of the molecule is CC[Si](CC)(CC)/C(=C/C(O)C1CCCCC1)C(F)(F)F. The fraction of sp³-hybridized carbons (Fsp3) is 0.875. The molecule has 1 aliphatic carbocycles. The second-order valence-corrected chi connectivity index (χ2v) is 11.5. The molecule has 1 N–H and O–H groups in total. The van der Waals surface area contributed by atoms with Crippen molar-refractivity contribution in [3.05, 3.63) is 11.3 Å². The minimum Gasteiger partial charge on any atom is -0.389 e. The molecular weight excluding hydrogens is 293 g/mol. The van der Waals surface area contributed by atoms with Crippen LogP contribution in [0.5, 0.6) is 0 Å². The van der Waals surface area contributed by atoms with Crippen LogP contribution in [-0.4, -0.2) is 25.5 Å². The fourth-order valence-corrected chi connectivity index (χ4v) is 7.44. The standard InChI is InChI=1S/C16H29F3OSi/c1-4-21(5-2,6-3)15(16(17,18)19)12-14(20)13-10-8-7-9-11-13/h12-14,20H,4-11H2,1-3H3/b15-12+. The summed E-state index contributed by atoms with van der Waals surface area (Å²) < 4.78 is 40.7. The molecule has 5 heteroatoms. The number of allylic oxidation sites excluding steroid dienone is 1. The molecule has 1 atom stereocenters. The first-order chi connectivity index (χ1) is 9.80. The number of aliphatic hydroxyl groups is 1. The van der Waals surface area contributed by atoms with Gasteiger partial charge in [-0.1, -0.05) is 64.2 Å². The summed E-state index contributed by atoms with van der Waals surface area (Å²) in [6.07, 6.45) is 0.838. The van der Waals surface area contributed by atoms with E-state index in [0.29, 0.717) is 18.1 Å². The van der Waals surface area contributed by atoms with Crippen LogP contribution < -0.4 is 0 Å². The summed E-state index contributed by atoms with van der Waals surface area (Å²) in [5, 5.41) is 9.93. The first kappa shape index (κ1) is 18.8. The highest BCUT2D eigenvalue weighted by Gasteiger charge is 2.47. The summed E-state index contributed by atoms with van der Waals surface area (Å²) in [6.45, 7) is 5.60. The Bertz CT molecular complexity index is 334. The van der Waals surface area contributed by atoms with Crippen molar-refractivity contribution in [2.75, 3.05) is 0 Å². The van der Waals surface area contributed by atoms with E-state index in [1.807, 2.05) is 20.8 Å². The molecule has 1 saturated carbocycles. The van der Waals surface area contributed by atoms with Gasteiger partial charge in [-0.25, -0.2) is 0 Å². The molecule has 21 heavy (non-hydrogen) atoms. The topological polar surface area (TPSA) is 20.2 Å². The maximum atomic E-state index is 13.6. The third kappa shape index (κ3) is 4.59. The van der Waals surface area contributed by atoms with Gasteiger partial charge in [0, 0.05) is 5.20 Å². The number of halogens is 3. The van der Waals surface area contributed by atoms with Crippen LogP contribution in [0, 0.1) is 5.92 Å². The molecule has 0 heterocycles. The lowest BCUT2D eigenvalue weighted by Gasteiger charge is -2.34. The summed E-state index contributed by atoms with van der Waals surface area (Å²) >= 11 is 0. The monoisotopic (exact) mass is 322 g/mol. The molecule has 0 spiro atoms. The van der Waals surface area contributed by atoms with Crippen LogP contribution in [0.2, 0.25) is 18.1 Å². The highest BCUT2D eigenvalue weighted by molar-refractivity contribution is 6.86. The molecule has 0 radical (unpaired) electrons. The summed E-state index contributed by atoms with van der Waals surface area (Å²) in [5.74, 6) is 0.00775. The van der Waals surface area contributed by atoms with E-state index >= 15 is 0 Å². The Morgan fingerprint density at radius 2 is 1.57 bits per heavy atom. The second kappa shape index (κ2) is 7.81. The summed E-state index contributed by atoms with van der Waals surface area (Å²) in [5.41, 5.74) is 0. The van der Waals surface area contributed by atoms with Gasteiger partial charge in [0.05, 0.1) is 14.2 Å².